The summed E-state index contributed by atoms with van der Waals surface area (Å²) in [7, 11) is 0. The van der Waals surface area contributed by atoms with E-state index in [0.29, 0.717) is 30.2 Å². The lowest BCUT2D eigenvalue weighted by Gasteiger charge is -2.56. The van der Waals surface area contributed by atoms with Crippen LogP contribution in [0.3, 0.4) is 0 Å². The molecular formula is C36H42N4O2. The van der Waals surface area contributed by atoms with Gasteiger partial charge in [-0.25, -0.2) is 0 Å². The highest BCUT2D eigenvalue weighted by Gasteiger charge is 2.71. The van der Waals surface area contributed by atoms with E-state index in [2.05, 4.69) is 63.3 Å². The van der Waals surface area contributed by atoms with Gasteiger partial charge in [0.1, 0.15) is 17.6 Å². The SMILES string of the molecule is O=C1CC[C@H]2C[C@]34CN5CCCCC=CCC[C@@]6(C=C(c7nccc8c7[nH]c7ccccc78)[C@@H]3CC5)O[C@H](CC1)N2[C@H]46. The minimum absolute atomic E-state index is 0.0314. The quantitative estimate of drug-likeness (QED) is 0.338. The van der Waals surface area contributed by atoms with E-state index < -0.39 is 0 Å². The van der Waals surface area contributed by atoms with Gasteiger partial charge in [0, 0.05) is 53.3 Å². The average Bonchev–Trinajstić information content (AvgIpc) is 3.65. The van der Waals surface area contributed by atoms with E-state index in [4.69, 9.17) is 9.72 Å². The van der Waals surface area contributed by atoms with Crippen LogP contribution in [0.2, 0.25) is 0 Å². The van der Waals surface area contributed by atoms with Crippen LogP contribution in [-0.4, -0.2) is 69.1 Å². The molecule has 218 valence electrons. The molecule has 4 saturated heterocycles. The molecule has 7 heterocycles. The van der Waals surface area contributed by atoms with Crippen molar-refractivity contribution in [2.24, 2.45) is 11.3 Å². The van der Waals surface area contributed by atoms with Crippen LogP contribution in [0.1, 0.15) is 76.3 Å². The van der Waals surface area contributed by atoms with Crippen LogP contribution in [-0.2, 0) is 9.53 Å². The van der Waals surface area contributed by atoms with E-state index in [-0.39, 0.29) is 17.2 Å². The third-order valence-corrected chi connectivity index (χ3v) is 11.8. The van der Waals surface area contributed by atoms with Crippen LogP contribution in [0.4, 0.5) is 0 Å². The van der Waals surface area contributed by atoms with Crippen LogP contribution in [0.25, 0.3) is 27.4 Å². The molecule has 0 radical (unpaired) electrons. The number of pyridine rings is 1. The average molecular weight is 563 g/mol. The van der Waals surface area contributed by atoms with Gasteiger partial charge in [0.25, 0.3) is 0 Å². The molecule has 0 amide bonds. The van der Waals surface area contributed by atoms with Crippen molar-refractivity contribution in [2.45, 2.75) is 94.5 Å². The number of fused-ring (bicyclic) bond motifs is 4. The number of hydrogen-bond donors (Lipinski definition) is 1. The number of aromatic amines is 1. The summed E-state index contributed by atoms with van der Waals surface area (Å²) in [5.41, 5.74) is 4.62. The van der Waals surface area contributed by atoms with Gasteiger partial charge in [0.15, 0.2) is 0 Å². The molecular weight excluding hydrogens is 520 g/mol. The first-order valence-electron chi connectivity index (χ1n) is 16.6. The van der Waals surface area contributed by atoms with Crippen LogP contribution in [0.5, 0.6) is 0 Å². The minimum atomic E-state index is -0.365. The van der Waals surface area contributed by atoms with Crippen molar-refractivity contribution in [2.75, 3.05) is 19.6 Å². The number of H-pyrrole nitrogens is 1. The lowest BCUT2D eigenvalue weighted by molar-refractivity contribution is -0.123. The molecule has 4 fully saturated rings. The summed E-state index contributed by atoms with van der Waals surface area (Å²) in [6.07, 6.45) is 20.7. The summed E-state index contributed by atoms with van der Waals surface area (Å²) in [6.45, 7) is 3.47. The first-order valence-corrected chi connectivity index (χ1v) is 16.6. The number of ether oxygens (including phenoxy) is 1. The highest BCUT2D eigenvalue weighted by atomic mass is 16.5. The number of nitrogens with zero attached hydrogens (tertiary/aromatic N) is 3. The highest BCUT2D eigenvalue weighted by Crippen LogP contribution is 2.66. The van der Waals surface area contributed by atoms with Gasteiger partial charge in [-0.15, -0.1) is 0 Å². The molecule has 5 aliphatic heterocycles. The number of benzene rings is 1. The second-order valence-corrected chi connectivity index (χ2v) is 14.1. The molecule has 3 aromatic rings. The second kappa shape index (κ2) is 9.60. The normalized spacial score (nSPS) is 38.4. The van der Waals surface area contributed by atoms with E-state index in [1.807, 2.05) is 6.20 Å². The van der Waals surface area contributed by atoms with Crippen molar-refractivity contribution in [3.63, 3.8) is 0 Å². The van der Waals surface area contributed by atoms with E-state index in [9.17, 15) is 4.79 Å². The molecule has 6 heteroatoms. The molecule has 6 nitrogen and oxygen atoms in total. The Kier molecular flexibility index (Phi) is 5.87. The molecule has 1 aromatic carbocycles. The fourth-order valence-corrected chi connectivity index (χ4v) is 10.3. The molecule has 0 saturated carbocycles. The first kappa shape index (κ1) is 25.7. The van der Waals surface area contributed by atoms with Crippen molar-refractivity contribution in [1.29, 1.82) is 0 Å². The third-order valence-electron chi connectivity index (χ3n) is 11.8. The fourth-order valence-electron chi connectivity index (χ4n) is 10.3. The Morgan fingerprint density at radius 3 is 2.86 bits per heavy atom. The van der Waals surface area contributed by atoms with Crippen molar-refractivity contribution < 1.29 is 9.53 Å². The monoisotopic (exact) mass is 562 g/mol. The molecule has 1 spiro atoms. The Bertz CT molecular complexity index is 1620. The lowest BCUT2D eigenvalue weighted by Crippen LogP contribution is -2.62. The summed E-state index contributed by atoms with van der Waals surface area (Å²) < 4.78 is 7.38. The number of para-hydroxylation sites is 1. The maximum absolute atomic E-state index is 12.8. The second-order valence-electron chi connectivity index (χ2n) is 14.1. The van der Waals surface area contributed by atoms with Crippen molar-refractivity contribution >= 4 is 33.2 Å². The topological polar surface area (TPSA) is 61.5 Å². The number of ketones is 1. The van der Waals surface area contributed by atoms with Gasteiger partial charge in [-0.05, 0) is 101 Å². The molecule has 7 atom stereocenters. The number of allylic oxidation sites excluding steroid dienone is 3. The predicted octanol–water partition coefficient (Wildman–Crippen LogP) is 6.62. The van der Waals surface area contributed by atoms with Gasteiger partial charge >= 0.3 is 0 Å². The predicted molar refractivity (Wildman–Crippen MR) is 166 cm³/mol. The molecule has 1 N–H and O–H groups in total. The molecule has 9 rings (SSSR count). The number of hydrogen-bond acceptors (Lipinski definition) is 5. The summed E-state index contributed by atoms with van der Waals surface area (Å²) in [5.74, 6) is 0.857. The van der Waals surface area contributed by atoms with Gasteiger partial charge in [-0.3, -0.25) is 14.7 Å². The maximum atomic E-state index is 12.8. The van der Waals surface area contributed by atoms with Gasteiger partial charge in [0.05, 0.1) is 17.3 Å². The summed E-state index contributed by atoms with van der Waals surface area (Å²) in [6, 6.07) is 11.6. The summed E-state index contributed by atoms with van der Waals surface area (Å²) in [5, 5.41) is 2.53. The Morgan fingerprint density at radius 2 is 1.88 bits per heavy atom. The van der Waals surface area contributed by atoms with E-state index in [1.54, 1.807) is 0 Å². The van der Waals surface area contributed by atoms with Gasteiger partial charge < -0.3 is 14.6 Å². The van der Waals surface area contributed by atoms with Gasteiger partial charge in [0.2, 0.25) is 0 Å². The maximum Gasteiger partial charge on any atom is 0.133 e. The van der Waals surface area contributed by atoms with E-state index >= 15 is 0 Å². The standard InChI is InChI=1S/C36H42N4O2/c41-25-12-11-24-21-35-23-39-19-8-4-2-1-3-7-17-36(34(35)40(24)31(42-36)14-13-25)22-28(29(35)16-20-39)32-33-27(15-18-37-32)26-9-5-6-10-30(26)38-33/h1,3,5-6,9-10,15,18,22,24,29,31,34,38H,2,4,7-8,11-14,16-17,19-21,23H2/t24-,29-,31+,34+,35-,36-/m0/s1. The van der Waals surface area contributed by atoms with Crippen LogP contribution >= 0.6 is 0 Å². The number of aromatic nitrogens is 2. The summed E-state index contributed by atoms with van der Waals surface area (Å²) in [4.78, 5) is 27.4. The third kappa shape index (κ3) is 3.67. The number of piperidine rings is 1. The number of Topliss-reactive ketones (excluding diaryl/α,β-unsaturated/α-hetero) is 1. The van der Waals surface area contributed by atoms with E-state index in [0.717, 1.165) is 50.9 Å². The smallest absolute Gasteiger partial charge is 0.133 e. The molecule has 6 aliphatic rings. The van der Waals surface area contributed by atoms with Gasteiger partial charge in [-0.1, -0.05) is 30.4 Å². The number of carbonyl (C=O) groups excluding carboxylic acids is 1. The molecule has 1 aliphatic carbocycles. The summed E-state index contributed by atoms with van der Waals surface area (Å²) >= 11 is 0. The van der Waals surface area contributed by atoms with Crippen molar-refractivity contribution in [1.82, 2.24) is 19.8 Å². The van der Waals surface area contributed by atoms with Crippen molar-refractivity contribution in [3.8, 4) is 0 Å². The highest BCUT2D eigenvalue weighted by molar-refractivity contribution is 6.09. The minimum Gasteiger partial charge on any atom is -0.353 e. The lowest BCUT2D eigenvalue weighted by atomic mass is 9.55. The number of nitrogens with one attached hydrogen (secondary N) is 1. The zero-order valence-corrected chi connectivity index (χ0v) is 24.6. The fraction of sp³-hybridized carbons (Fsp3) is 0.556. The first-order chi connectivity index (χ1) is 20.7. The Morgan fingerprint density at radius 1 is 0.976 bits per heavy atom. The Labute approximate surface area is 248 Å². The van der Waals surface area contributed by atoms with Gasteiger partial charge in [-0.2, -0.15) is 0 Å². The molecule has 2 aromatic heterocycles. The van der Waals surface area contributed by atoms with Crippen LogP contribution < -0.4 is 0 Å². The van der Waals surface area contributed by atoms with E-state index in [1.165, 1.54) is 66.0 Å². The Balaban J connectivity index is 1.28. The number of carbonyl (C=O) groups is 1. The Hall–Kier alpha value is -2.80. The van der Waals surface area contributed by atoms with Crippen molar-refractivity contribution in [3.05, 3.63) is 60.5 Å². The number of rotatable bonds is 1. The molecule has 1 unspecified atom stereocenters. The largest absolute Gasteiger partial charge is 0.353 e. The molecule has 3 bridgehead atoms. The van der Waals surface area contributed by atoms with Crippen LogP contribution in [0, 0.1) is 11.3 Å². The zero-order chi connectivity index (χ0) is 27.9. The van der Waals surface area contributed by atoms with Crippen LogP contribution in [0.15, 0.2) is 54.8 Å². The zero-order valence-electron chi connectivity index (χ0n) is 24.6. The molecule has 42 heavy (non-hydrogen) atoms.